The van der Waals surface area contributed by atoms with Crippen molar-refractivity contribution in [2.45, 2.75) is 24.9 Å². The molecule has 3 heterocycles. The number of likely N-dealkylation sites (tertiary alicyclic amines) is 1. The van der Waals surface area contributed by atoms with Gasteiger partial charge in [0.2, 0.25) is 0 Å². The molecule has 0 spiro atoms. The molecule has 2 saturated heterocycles. The van der Waals surface area contributed by atoms with Crippen LogP contribution >= 0.6 is 0 Å². The molecule has 2 aliphatic rings. The van der Waals surface area contributed by atoms with Crippen LogP contribution in [0.25, 0.3) is 0 Å². The molecule has 28 heavy (non-hydrogen) atoms. The summed E-state index contributed by atoms with van der Waals surface area (Å²) < 4.78 is 0. The van der Waals surface area contributed by atoms with Crippen LogP contribution in [0.4, 0.5) is 4.79 Å². The van der Waals surface area contributed by atoms with Gasteiger partial charge in [0.05, 0.1) is 17.3 Å². The topological polar surface area (TPSA) is 98.1 Å². The normalized spacial score (nSPS) is 23.1. The first-order valence-electron chi connectivity index (χ1n) is 9.39. The summed E-state index contributed by atoms with van der Waals surface area (Å²) in [5, 5.41) is 14.5. The van der Waals surface area contributed by atoms with E-state index in [4.69, 9.17) is 0 Å². The van der Waals surface area contributed by atoms with Crippen LogP contribution in [0, 0.1) is 17.2 Å². The summed E-state index contributed by atoms with van der Waals surface area (Å²) in [7, 11) is 0. The van der Waals surface area contributed by atoms with Gasteiger partial charge in [-0.3, -0.25) is 20.0 Å². The molecule has 1 aromatic carbocycles. The maximum atomic E-state index is 12.8. The summed E-state index contributed by atoms with van der Waals surface area (Å²) in [6, 6.07) is 14.8. The summed E-state index contributed by atoms with van der Waals surface area (Å²) in [5.41, 5.74) is 1.16. The lowest BCUT2D eigenvalue weighted by molar-refractivity contribution is -0.127. The second-order valence-electron chi connectivity index (χ2n) is 7.25. The van der Waals surface area contributed by atoms with Crippen LogP contribution in [-0.2, 0) is 16.9 Å². The fraction of sp³-hybridized carbons (Fsp3) is 0.333. The molecule has 2 aliphatic heterocycles. The Morgan fingerprint density at radius 1 is 1.14 bits per heavy atom. The standard InChI is InChI=1S/C21H21N5O2/c22-13-15-5-1-2-6-16(15)14-26-11-8-17(9-12-26)21(18-7-3-4-10-23-18)19(27)24-20(28)25-21/h1-7,10,17H,8-9,11-12,14H2,(H2,24,25,27,28)/t21-/m1/s1. The van der Waals surface area contributed by atoms with Crippen molar-refractivity contribution in [1.82, 2.24) is 20.5 Å². The zero-order valence-electron chi connectivity index (χ0n) is 15.4. The molecule has 1 aromatic heterocycles. The van der Waals surface area contributed by atoms with Crippen LogP contribution < -0.4 is 10.6 Å². The molecule has 2 aromatic rings. The first-order chi connectivity index (χ1) is 13.6. The SMILES string of the molecule is N#Cc1ccccc1CN1CCC([C@]2(c3ccccn3)NC(=O)NC2=O)CC1. The van der Waals surface area contributed by atoms with Crippen molar-refractivity contribution in [1.29, 1.82) is 5.26 Å². The number of nitrogens with one attached hydrogen (secondary N) is 2. The molecule has 142 valence electrons. The molecular weight excluding hydrogens is 354 g/mol. The zero-order chi connectivity index (χ0) is 19.6. The summed E-state index contributed by atoms with van der Waals surface area (Å²) in [5.74, 6) is -0.374. The number of hydrogen-bond donors (Lipinski definition) is 2. The molecule has 7 heteroatoms. The van der Waals surface area contributed by atoms with E-state index in [2.05, 4.69) is 26.6 Å². The van der Waals surface area contributed by atoms with Gasteiger partial charge in [-0.25, -0.2) is 4.79 Å². The lowest BCUT2D eigenvalue weighted by Crippen LogP contribution is -2.53. The maximum Gasteiger partial charge on any atom is 0.322 e. The van der Waals surface area contributed by atoms with Crippen LogP contribution in [0.1, 0.15) is 29.7 Å². The summed E-state index contributed by atoms with van der Waals surface area (Å²) in [6.45, 7) is 2.26. The fourth-order valence-electron chi connectivity index (χ4n) is 4.27. The monoisotopic (exact) mass is 375 g/mol. The van der Waals surface area contributed by atoms with Crippen molar-refractivity contribution in [3.05, 3.63) is 65.5 Å². The van der Waals surface area contributed by atoms with Crippen molar-refractivity contribution in [3.63, 3.8) is 0 Å². The predicted molar refractivity (Wildman–Crippen MR) is 102 cm³/mol. The fourth-order valence-corrected chi connectivity index (χ4v) is 4.27. The van der Waals surface area contributed by atoms with Crippen LogP contribution in [0.3, 0.4) is 0 Å². The molecular formula is C21H21N5O2. The van der Waals surface area contributed by atoms with Gasteiger partial charge in [-0.1, -0.05) is 24.3 Å². The van der Waals surface area contributed by atoms with E-state index in [9.17, 15) is 14.9 Å². The largest absolute Gasteiger partial charge is 0.322 e. The highest BCUT2D eigenvalue weighted by atomic mass is 16.2. The van der Waals surface area contributed by atoms with E-state index in [-0.39, 0.29) is 11.8 Å². The van der Waals surface area contributed by atoms with Crippen molar-refractivity contribution in [3.8, 4) is 6.07 Å². The third-order valence-electron chi connectivity index (χ3n) is 5.70. The minimum atomic E-state index is -1.12. The van der Waals surface area contributed by atoms with Crippen molar-refractivity contribution in [2.24, 2.45) is 5.92 Å². The Balaban J connectivity index is 1.52. The maximum absolute atomic E-state index is 12.8. The number of benzene rings is 1. The second-order valence-corrected chi connectivity index (χ2v) is 7.25. The van der Waals surface area contributed by atoms with Crippen LogP contribution in [-0.4, -0.2) is 34.9 Å². The van der Waals surface area contributed by atoms with Crippen LogP contribution in [0.2, 0.25) is 0 Å². The summed E-state index contributed by atoms with van der Waals surface area (Å²) in [6.07, 6.45) is 3.14. The zero-order valence-corrected chi connectivity index (χ0v) is 15.4. The van der Waals surface area contributed by atoms with Gasteiger partial charge in [-0.15, -0.1) is 0 Å². The Hall–Kier alpha value is -3.24. The van der Waals surface area contributed by atoms with E-state index in [1.54, 1.807) is 18.3 Å². The lowest BCUT2D eigenvalue weighted by atomic mass is 9.75. The molecule has 0 radical (unpaired) electrons. The van der Waals surface area contributed by atoms with E-state index in [0.717, 1.165) is 31.5 Å². The van der Waals surface area contributed by atoms with E-state index < -0.39 is 11.6 Å². The number of aromatic nitrogens is 1. The highest BCUT2D eigenvalue weighted by Gasteiger charge is 2.54. The highest BCUT2D eigenvalue weighted by molar-refractivity contribution is 6.07. The summed E-state index contributed by atoms with van der Waals surface area (Å²) in [4.78, 5) is 31.4. The van der Waals surface area contributed by atoms with Gasteiger partial charge in [-0.2, -0.15) is 5.26 Å². The number of imide groups is 1. The highest BCUT2D eigenvalue weighted by Crippen LogP contribution is 2.38. The van der Waals surface area contributed by atoms with E-state index in [0.29, 0.717) is 17.8 Å². The number of nitriles is 1. The molecule has 0 saturated carbocycles. The van der Waals surface area contributed by atoms with Crippen LogP contribution in [0.15, 0.2) is 48.7 Å². The van der Waals surface area contributed by atoms with Crippen LogP contribution in [0.5, 0.6) is 0 Å². The van der Waals surface area contributed by atoms with Gasteiger partial charge in [0.25, 0.3) is 5.91 Å². The van der Waals surface area contributed by atoms with Gasteiger partial charge in [0.1, 0.15) is 0 Å². The third kappa shape index (κ3) is 3.12. The number of carbonyl (C=O) groups is 2. The molecule has 2 fully saturated rings. The molecule has 4 rings (SSSR count). The van der Waals surface area contributed by atoms with Crippen molar-refractivity contribution < 1.29 is 9.59 Å². The summed E-state index contributed by atoms with van der Waals surface area (Å²) >= 11 is 0. The van der Waals surface area contributed by atoms with Crippen molar-refractivity contribution in [2.75, 3.05) is 13.1 Å². The minimum absolute atomic E-state index is 0.0451. The Labute approximate surface area is 163 Å². The minimum Gasteiger partial charge on any atom is -0.318 e. The quantitative estimate of drug-likeness (QED) is 0.796. The Kier molecular flexibility index (Phi) is 4.80. The molecule has 1 atom stereocenters. The molecule has 0 bridgehead atoms. The number of piperidine rings is 1. The number of amides is 3. The van der Waals surface area contributed by atoms with E-state index in [1.165, 1.54) is 0 Å². The van der Waals surface area contributed by atoms with Gasteiger partial charge in [0.15, 0.2) is 5.54 Å². The average molecular weight is 375 g/mol. The molecule has 3 amide bonds. The van der Waals surface area contributed by atoms with Gasteiger partial charge in [-0.05, 0) is 55.6 Å². The number of hydrogen-bond acceptors (Lipinski definition) is 5. The van der Waals surface area contributed by atoms with Crippen molar-refractivity contribution >= 4 is 11.9 Å². The third-order valence-corrected chi connectivity index (χ3v) is 5.70. The Bertz CT molecular complexity index is 931. The lowest BCUT2D eigenvalue weighted by Gasteiger charge is -2.40. The van der Waals surface area contributed by atoms with E-state index in [1.807, 2.05) is 30.3 Å². The number of pyridine rings is 1. The number of rotatable bonds is 4. The Morgan fingerprint density at radius 2 is 1.89 bits per heavy atom. The number of urea groups is 1. The average Bonchev–Trinajstić information content (AvgIpc) is 3.04. The molecule has 2 N–H and O–H groups in total. The molecule has 0 unspecified atom stereocenters. The number of nitrogens with zero attached hydrogens (tertiary/aromatic N) is 3. The Morgan fingerprint density at radius 3 is 2.54 bits per heavy atom. The van der Waals surface area contributed by atoms with E-state index >= 15 is 0 Å². The van der Waals surface area contributed by atoms with Gasteiger partial charge < -0.3 is 5.32 Å². The molecule has 7 nitrogen and oxygen atoms in total. The first-order valence-corrected chi connectivity index (χ1v) is 9.39. The second kappa shape index (κ2) is 7.41. The smallest absolute Gasteiger partial charge is 0.318 e. The number of carbonyl (C=O) groups excluding carboxylic acids is 2. The first kappa shape index (κ1) is 18.1. The predicted octanol–water partition coefficient (Wildman–Crippen LogP) is 1.90. The molecule has 0 aliphatic carbocycles. The van der Waals surface area contributed by atoms with Gasteiger partial charge in [0, 0.05) is 12.7 Å². The van der Waals surface area contributed by atoms with Gasteiger partial charge >= 0.3 is 6.03 Å².